The summed E-state index contributed by atoms with van der Waals surface area (Å²) in [6, 6.07) is 20.2. The SMILES string of the molecule is CCn1ncc2c(N3CCCS3(=O)=O)cc(C(=O)N[C@@H](Cc3ccccc3)[C@H](O)CNC(C)(C)c3cccc(OC)c3)cc21. The van der Waals surface area contributed by atoms with Gasteiger partial charge in [0, 0.05) is 36.1 Å². The second kappa shape index (κ2) is 13.0. The maximum absolute atomic E-state index is 13.9. The molecule has 1 aliphatic rings. The Morgan fingerprint density at radius 1 is 1.11 bits per heavy atom. The largest absolute Gasteiger partial charge is 0.497 e. The van der Waals surface area contributed by atoms with Crippen molar-refractivity contribution in [2.75, 3.05) is 30.3 Å². The highest BCUT2D eigenvalue weighted by Crippen LogP contribution is 2.33. The molecule has 11 heteroatoms. The molecule has 10 nitrogen and oxygen atoms in total. The van der Waals surface area contributed by atoms with Gasteiger partial charge in [0.1, 0.15) is 5.75 Å². The van der Waals surface area contributed by atoms with Gasteiger partial charge >= 0.3 is 0 Å². The molecule has 44 heavy (non-hydrogen) atoms. The first-order chi connectivity index (χ1) is 21.0. The van der Waals surface area contributed by atoms with Crippen molar-refractivity contribution in [3.8, 4) is 5.75 Å². The van der Waals surface area contributed by atoms with Crippen molar-refractivity contribution in [2.24, 2.45) is 0 Å². The maximum Gasteiger partial charge on any atom is 0.251 e. The number of methoxy groups -OCH3 is 1. The Morgan fingerprint density at radius 2 is 1.89 bits per heavy atom. The summed E-state index contributed by atoms with van der Waals surface area (Å²) in [4.78, 5) is 13.9. The van der Waals surface area contributed by atoms with Gasteiger partial charge in [0.05, 0.1) is 42.4 Å². The van der Waals surface area contributed by atoms with Gasteiger partial charge in [0.15, 0.2) is 0 Å². The van der Waals surface area contributed by atoms with E-state index in [4.69, 9.17) is 4.74 Å². The summed E-state index contributed by atoms with van der Waals surface area (Å²) in [5, 5.41) is 23.1. The molecule has 0 spiro atoms. The highest BCUT2D eigenvalue weighted by molar-refractivity contribution is 7.93. The fraction of sp³-hybridized carbons (Fsp3) is 0.394. The lowest BCUT2D eigenvalue weighted by Gasteiger charge is -2.31. The number of amides is 1. The first kappa shape index (κ1) is 31.5. The molecule has 5 rings (SSSR count). The number of carbonyl (C=O) groups excluding carboxylic acids is 1. The zero-order valence-corrected chi connectivity index (χ0v) is 26.5. The van der Waals surface area contributed by atoms with E-state index in [1.165, 1.54) is 4.31 Å². The van der Waals surface area contributed by atoms with Crippen LogP contribution in [0.15, 0.2) is 72.9 Å². The molecule has 0 saturated carbocycles. The van der Waals surface area contributed by atoms with Gasteiger partial charge in [-0.2, -0.15) is 5.10 Å². The fourth-order valence-corrected chi connectivity index (χ4v) is 7.25. The Morgan fingerprint density at radius 3 is 2.57 bits per heavy atom. The summed E-state index contributed by atoms with van der Waals surface area (Å²) in [7, 11) is -1.86. The number of aryl methyl sites for hydroxylation is 1. The van der Waals surface area contributed by atoms with Gasteiger partial charge in [-0.15, -0.1) is 0 Å². The topological polar surface area (TPSA) is 126 Å². The van der Waals surface area contributed by atoms with E-state index in [9.17, 15) is 18.3 Å². The van der Waals surface area contributed by atoms with Crippen molar-refractivity contribution in [3.05, 3.63) is 89.6 Å². The monoisotopic (exact) mass is 619 g/mol. The normalized spacial score (nSPS) is 16.2. The van der Waals surface area contributed by atoms with Crippen LogP contribution in [0.1, 0.15) is 48.7 Å². The third-order valence-electron chi connectivity index (χ3n) is 8.29. The van der Waals surface area contributed by atoms with Gasteiger partial charge in [-0.25, -0.2) is 8.42 Å². The minimum Gasteiger partial charge on any atom is -0.497 e. The summed E-state index contributed by atoms with van der Waals surface area (Å²) >= 11 is 0. The number of carbonyl (C=O) groups is 1. The van der Waals surface area contributed by atoms with E-state index in [-0.39, 0.29) is 12.3 Å². The number of nitrogens with zero attached hydrogens (tertiary/aromatic N) is 3. The highest BCUT2D eigenvalue weighted by atomic mass is 32.2. The number of ether oxygens (including phenoxy) is 1. The second-order valence-electron chi connectivity index (χ2n) is 11.7. The molecule has 3 aromatic carbocycles. The zero-order valence-electron chi connectivity index (χ0n) is 25.7. The van der Waals surface area contributed by atoms with E-state index >= 15 is 0 Å². The molecule has 1 fully saturated rings. The standard InChI is InChI=1S/C33H41N5O5S/c1-5-37-29-18-24(19-30(27(29)21-35-37)38-15-10-16-44(38,41)42)32(40)36-28(17-23-11-7-6-8-12-23)31(39)22-34-33(2,3)25-13-9-14-26(20-25)43-4/h6-9,11-14,18-21,28,31,34,39H,5,10,15-17,22H2,1-4H3,(H,36,40)/t28-,31+/m0/s1. The van der Waals surface area contributed by atoms with Crippen LogP contribution in [0.25, 0.3) is 10.9 Å². The van der Waals surface area contributed by atoms with Crippen LogP contribution in [0, 0.1) is 0 Å². The lowest BCUT2D eigenvalue weighted by atomic mass is 9.93. The summed E-state index contributed by atoms with van der Waals surface area (Å²) in [6.45, 7) is 7.12. The first-order valence-electron chi connectivity index (χ1n) is 14.9. The number of aromatic nitrogens is 2. The average molecular weight is 620 g/mol. The number of rotatable bonds is 12. The molecule has 1 saturated heterocycles. The van der Waals surface area contributed by atoms with Crippen molar-refractivity contribution >= 4 is 32.5 Å². The molecule has 0 aliphatic carbocycles. The van der Waals surface area contributed by atoms with Crippen LogP contribution in [0.5, 0.6) is 5.75 Å². The molecule has 3 N–H and O–H groups in total. The number of sulfonamides is 1. The molecule has 1 aromatic heterocycles. The number of benzene rings is 3. The molecular weight excluding hydrogens is 578 g/mol. The average Bonchev–Trinajstić information content (AvgIpc) is 3.61. The van der Waals surface area contributed by atoms with Crippen LogP contribution in [-0.4, -0.2) is 67.3 Å². The summed E-state index contributed by atoms with van der Waals surface area (Å²) in [5.74, 6) is 0.410. The van der Waals surface area contributed by atoms with E-state index in [2.05, 4.69) is 15.7 Å². The molecule has 2 atom stereocenters. The number of fused-ring (bicyclic) bond motifs is 1. The van der Waals surface area contributed by atoms with E-state index in [0.29, 0.717) is 48.1 Å². The van der Waals surface area contributed by atoms with Gasteiger partial charge < -0.3 is 20.5 Å². The molecule has 0 bridgehead atoms. The number of aliphatic hydroxyl groups is 1. The molecule has 4 aromatic rings. The molecular formula is C33H41N5O5S. The Balaban J connectivity index is 1.42. The van der Waals surface area contributed by atoms with Crippen molar-refractivity contribution < 1.29 is 23.1 Å². The van der Waals surface area contributed by atoms with Gasteiger partial charge in [0.2, 0.25) is 10.0 Å². The number of hydrogen-bond donors (Lipinski definition) is 3. The summed E-state index contributed by atoms with van der Waals surface area (Å²) in [6.07, 6.45) is 1.64. The Hall–Kier alpha value is -3.93. The number of nitrogens with one attached hydrogen (secondary N) is 2. The molecule has 2 heterocycles. The maximum atomic E-state index is 13.9. The summed E-state index contributed by atoms with van der Waals surface area (Å²) < 4.78 is 34.3. The Kier molecular flexibility index (Phi) is 9.28. The Bertz CT molecular complexity index is 1720. The van der Waals surface area contributed by atoms with Crippen molar-refractivity contribution in [3.63, 3.8) is 0 Å². The highest BCUT2D eigenvalue weighted by Gasteiger charge is 2.32. The second-order valence-corrected chi connectivity index (χ2v) is 13.7. The third-order valence-corrected chi connectivity index (χ3v) is 10.1. The number of anilines is 1. The smallest absolute Gasteiger partial charge is 0.251 e. The van der Waals surface area contributed by atoms with Crippen LogP contribution in [-0.2, 0) is 28.5 Å². The molecule has 0 radical (unpaired) electrons. The first-order valence-corrected chi connectivity index (χ1v) is 16.6. The predicted octanol–water partition coefficient (Wildman–Crippen LogP) is 3.83. The van der Waals surface area contributed by atoms with E-state index in [1.807, 2.05) is 75.4 Å². The minimum absolute atomic E-state index is 0.0668. The van der Waals surface area contributed by atoms with Crippen molar-refractivity contribution in [2.45, 2.75) is 57.8 Å². The van der Waals surface area contributed by atoms with Gasteiger partial charge in [-0.3, -0.25) is 13.8 Å². The quantitative estimate of drug-likeness (QED) is 0.220. The van der Waals surface area contributed by atoms with E-state index in [1.54, 1.807) is 30.1 Å². The Labute approximate surface area is 259 Å². The van der Waals surface area contributed by atoms with Crippen LogP contribution in [0.3, 0.4) is 0 Å². The molecule has 1 amide bonds. The van der Waals surface area contributed by atoms with Crippen molar-refractivity contribution in [1.82, 2.24) is 20.4 Å². The van der Waals surface area contributed by atoms with Crippen molar-refractivity contribution in [1.29, 1.82) is 0 Å². The van der Waals surface area contributed by atoms with Crippen LogP contribution >= 0.6 is 0 Å². The lowest BCUT2D eigenvalue weighted by Crippen LogP contribution is -2.51. The van der Waals surface area contributed by atoms with E-state index in [0.717, 1.165) is 16.9 Å². The zero-order chi connectivity index (χ0) is 31.5. The number of hydrogen-bond acceptors (Lipinski definition) is 7. The number of aliphatic hydroxyl groups excluding tert-OH is 1. The van der Waals surface area contributed by atoms with Crippen LogP contribution in [0.4, 0.5) is 5.69 Å². The van der Waals surface area contributed by atoms with E-state index < -0.39 is 33.6 Å². The third kappa shape index (κ3) is 6.74. The predicted molar refractivity (Wildman–Crippen MR) is 173 cm³/mol. The lowest BCUT2D eigenvalue weighted by molar-refractivity contribution is 0.0814. The summed E-state index contributed by atoms with van der Waals surface area (Å²) in [5.41, 5.74) is 2.91. The van der Waals surface area contributed by atoms with Crippen LogP contribution in [0.2, 0.25) is 0 Å². The minimum atomic E-state index is -3.49. The van der Waals surface area contributed by atoms with Gasteiger partial charge in [0.25, 0.3) is 5.91 Å². The molecule has 234 valence electrons. The van der Waals surface area contributed by atoms with Crippen LogP contribution < -0.4 is 19.7 Å². The molecule has 1 aliphatic heterocycles. The van der Waals surface area contributed by atoms with Gasteiger partial charge in [-0.05, 0) is 69.0 Å². The fourth-order valence-electron chi connectivity index (χ4n) is 5.68. The molecule has 0 unspecified atom stereocenters. The van der Waals surface area contributed by atoms with Gasteiger partial charge in [-0.1, -0.05) is 42.5 Å².